The summed E-state index contributed by atoms with van der Waals surface area (Å²) < 4.78 is 0. The van der Waals surface area contributed by atoms with Crippen molar-refractivity contribution in [1.29, 1.82) is 0 Å². The molecule has 1 aliphatic heterocycles. The highest BCUT2D eigenvalue weighted by molar-refractivity contribution is 5.82. The van der Waals surface area contributed by atoms with Crippen molar-refractivity contribution in [3.8, 4) is 0 Å². The van der Waals surface area contributed by atoms with E-state index in [1.165, 1.54) is 5.56 Å². The molecule has 0 bridgehead atoms. The highest BCUT2D eigenvalue weighted by atomic mass is 16.2. The molecule has 2 rings (SSSR count). The van der Waals surface area contributed by atoms with Crippen LogP contribution in [0.25, 0.3) is 0 Å². The van der Waals surface area contributed by atoms with Gasteiger partial charge in [-0.1, -0.05) is 0 Å². The van der Waals surface area contributed by atoms with Crippen LogP contribution < -0.4 is 5.32 Å². The highest BCUT2D eigenvalue weighted by Crippen LogP contribution is 2.26. The molecule has 1 aromatic heterocycles. The number of hydrogen-bond donors (Lipinski definition) is 1. The first-order valence-electron chi connectivity index (χ1n) is 6.47. The van der Waals surface area contributed by atoms with Crippen molar-refractivity contribution in [2.24, 2.45) is 5.41 Å². The zero-order valence-electron chi connectivity index (χ0n) is 11.1. The lowest BCUT2D eigenvalue weighted by Gasteiger charge is -2.28. The zero-order chi connectivity index (χ0) is 13.0. The molecule has 1 atom stereocenters. The van der Waals surface area contributed by atoms with Gasteiger partial charge in [0.05, 0.1) is 5.41 Å². The van der Waals surface area contributed by atoms with Crippen LogP contribution >= 0.6 is 0 Å². The fourth-order valence-electron chi connectivity index (χ4n) is 2.41. The first-order valence-corrected chi connectivity index (χ1v) is 6.47. The van der Waals surface area contributed by atoms with Crippen LogP contribution in [0.4, 0.5) is 0 Å². The van der Waals surface area contributed by atoms with Crippen molar-refractivity contribution in [3.05, 3.63) is 30.1 Å². The molecule has 1 saturated heterocycles. The zero-order valence-corrected chi connectivity index (χ0v) is 11.1. The van der Waals surface area contributed by atoms with E-state index in [9.17, 15) is 4.79 Å². The summed E-state index contributed by atoms with van der Waals surface area (Å²) in [6.45, 7) is 4.56. The van der Waals surface area contributed by atoms with Crippen molar-refractivity contribution in [3.63, 3.8) is 0 Å². The third kappa shape index (κ3) is 2.88. The van der Waals surface area contributed by atoms with Crippen LogP contribution in [-0.4, -0.2) is 42.5 Å². The first-order chi connectivity index (χ1) is 8.62. The first kappa shape index (κ1) is 13.0. The Morgan fingerprint density at radius 3 is 2.83 bits per heavy atom. The average Bonchev–Trinajstić information content (AvgIpc) is 2.84. The molecule has 0 saturated carbocycles. The normalized spacial score (nSPS) is 23.0. The monoisotopic (exact) mass is 247 g/mol. The number of nitrogens with one attached hydrogen (secondary N) is 1. The highest BCUT2D eigenvalue weighted by Gasteiger charge is 2.37. The summed E-state index contributed by atoms with van der Waals surface area (Å²) in [5, 5.41) is 3.27. The van der Waals surface area contributed by atoms with E-state index in [-0.39, 0.29) is 11.3 Å². The minimum absolute atomic E-state index is 0.215. The molecule has 1 aromatic rings. The number of nitrogens with zero attached hydrogens (tertiary/aromatic N) is 2. The molecule has 1 amide bonds. The number of hydrogen-bond acceptors (Lipinski definition) is 3. The minimum Gasteiger partial charge on any atom is -0.345 e. The van der Waals surface area contributed by atoms with E-state index < -0.39 is 0 Å². The minimum atomic E-state index is -0.215. The van der Waals surface area contributed by atoms with Crippen molar-refractivity contribution in [1.82, 2.24) is 15.2 Å². The molecule has 4 heteroatoms. The molecule has 4 nitrogen and oxygen atoms in total. The van der Waals surface area contributed by atoms with Crippen LogP contribution in [0.2, 0.25) is 0 Å². The van der Waals surface area contributed by atoms with Gasteiger partial charge in [0.15, 0.2) is 0 Å². The predicted molar refractivity (Wildman–Crippen MR) is 71.2 cm³/mol. The van der Waals surface area contributed by atoms with Crippen LogP contribution in [0.1, 0.15) is 18.9 Å². The van der Waals surface area contributed by atoms with Gasteiger partial charge in [0.25, 0.3) is 0 Å². The molecular weight excluding hydrogens is 226 g/mol. The number of aromatic nitrogens is 1. The Hall–Kier alpha value is -1.42. The summed E-state index contributed by atoms with van der Waals surface area (Å²) in [5.74, 6) is 0.251. The van der Waals surface area contributed by atoms with Crippen LogP contribution in [0.3, 0.4) is 0 Å². The standard InChI is InChI=1S/C14H21N3O/c1-14(6-9-16-11-14)13(18)17(2)10-5-12-3-7-15-8-4-12/h3-4,7-8,16H,5-6,9-11H2,1-2H3. The second-order valence-corrected chi connectivity index (χ2v) is 5.32. The lowest BCUT2D eigenvalue weighted by molar-refractivity contribution is -0.138. The molecule has 2 heterocycles. The fraction of sp³-hybridized carbons (Fsp3) is 0.571. The van der Waals surface area contributed by atoms with E-state index >= 15 is 0 Å². The van der Waals surface area contributed by atoms with E-state index in [1.807, 2.05) is 24.1 Å². The molecule has 1 fully saturated rings. The molecule has 1 unspecified atom stereocenters. The molecule has 98 valence electrons. The Kier molecular flexibility index (Phi) is 3.97. The van der Waals surface area contributed by atoms with E-state index in [2.05, 4.69) is 17.2 Å². The van der Waals surface area contributed by atoms with Gasteiger partial charge in [-0.2, -0.15) is 0 Å². The summed E-state index contributed by atoms with van der Waals surface area (Å²) in [7, 11) is 1.90. The molecule has 18 heavy (non-hydrogen) atoms. The lowest BCUT2D eigenvalue weighted by atomic mass is 9.88. The maximum Gasteiger partial charge on any atom is 0.229 e. The van der Waals surface area contributed by atoms with Gasteiger partial charge in [-0.3, -0.25) is 9.78 Å². The Morgan fingerprint density at radius 1 is 1.50 bits per heavy atom. The van der Waals surface area contributed by atoms with Gasteiger partial charge < -0.3 is 10.2 Å². The van der Waals surface area contributed by atoms with Crippen molar-refractivity contribution >= 4 is 5.91 Å². The summed E-state index contributed by atoms with van der Waals surface area (Å²) in [5.41, 5.74) is 1.01. The second kappa shape index (κ2) is 5.48. The van der Waals surface area contributed by atoms with Crippen molar-refractivity contribution in [2.75, 3.05) is 26.7 Å². The predicted octanol–water partition coefficient (Wildman–Crippen LogP) is 1.08. The van der Waals surface area contributed by atoms with E-state index in [0.29, 0.717) is 0 Å². The number of carbonyl (C=O) groups excluding carboxylic acids is 1. The van der Waals surface area contributed by atoms with E-state index in [4.69, 9.17) is 0 Å². The van der Waals surface area contributed by atoms with Gasteiger partial charge in [0, 0.05) is 32.5 Å². The van der Waals surface area contributed by atoms with Crippen LogP contribution in [-0.2, 0) is 11.2 Å². The van der Waals surface area contributed by atoms with Crippen molar-refractivity contribution in [2.45, 2.75) is 19.8 Å². The lowest BCUT2D eigenvalue weighted by Crippen LogP contribution is -2.42. The molecule has 0 spiro atoms. The van der Waals surface area contributed by atoms with Gasteiger partial charge in [-0.15, -0.1) is 0 Å². The summed E-state index contributed by atoms with van der Waals surface area (Å²) >= 11 is 0. The molecule has 0 radical (unpaired) electrons. The maximum absolute atomic E-state index is 12.4. The topological polar surface area (TPSA) is 45.2 Å². The molecule has 0 aromatic carbocycles. The second-order valence-electron chi connectivity index (χ2n) is 5.32. The molecular formula is C14H21N3O. The number of rotatable bonds is 4. The van der Waals surface area contributed by atoms with Crippen LogP contribution in [0, 0.1) is 5.41 Å². The quantitative estimate of drug-likeness (QED) is 0.866. The van der Waals surface area contributed by atoms with E-state index in [1.54, 1.807) is 12.4 Å². The fourth-order valence-corrected chi connectivity index (χ4v) is 2.41. The Morgan fingerprint density at radius 2 is 2.22 bits per heavy atom. The number of pyridine rings is 1. The van der Waals surface area contributed by atoms with Crippen molar-refractivity contribution < 1.29 is 4.79 Å². The largest absolute Gasteiger partial charge is 0.345 e. The van der Waals surface area contributed by atoms with Gasteiger partial charge in [-0.25, -0.2) is 0 Å². The van der Waals surface area contributed by atoms with Crippen LogP contribution in [0.5, 0.6) is 0 Å². The van der Waals surface area contributed by atoms with Gasteiger partial charge >= 0.3 is 0 Å². The molecule has 1 N–H and O–H groups in total. The third-order valence-corrected chi connectivity index (χ3v) is 3.72. The Labute approximate surface area is 108 Å². The SMILES string of the molecule is CN(CCc1ccncc1)C(=O)C1(C)CCNC1. The van der Waals surface area contributed by atoms with Crippen LogP contribution in [0.15, 0.2) is 24.5 Å². The average molecular weight is 247 g/mol. The maximum atomic E-state index is 12.4. The smallest absolute Gasteiger partial charge is 0.229 e. The number of likely N-dealkylation sites (N-methyl/N-ethyl adjacent to an activating group) is 1. The summed E-state index contributed by atoms with van der Waals surface area (Å²) in [6, 6.07) is 3.99. The summed E-state index contributed by atoms with van der Waals surface area (Å²) in [6.07, 6.45) is 5.40. The van der Waals surface area contributed by atoms with Gasteiger partial charge in [0.1, 0.15) is 0 Å². The third-order valence-electron chi connectivity index (χ3n) is 3.72. The summed E-state index contributed by atoms with van der Waals surface area (Å²) in [4.78, 5) is 18.2. The van der Waals surface area contributed by atoms with E-state index in [0.717, 1.165) is 32.5 Å². The Bertz CT molecular complexity index is 399. The van der Waals surface area contributed by atoms with Gasteiger partial charge in [0.2, 0.25) is 5.91 Å². The number of carbonyl (C=O) groups is 1. The van der Waals surface area contributed by atoms with Gasteiger partial charge in [-0.05, 0) is 44.0 Å². The number of amides is 1. The molecule has 1 aliphatic rings. The Balaban J connectivity index is 1.88. The molecule has 0 aliphatic carbocycles.